The van der Waals surface area contributed by atoms with Gasteiger partial charge in [-0.2, -0.15) is 13.1 Å². The molecule has 1 aromatic heterocycles. The van der Waals surface area contributed by atoms with Crippen molar-refractivity contribution in [1.29, 1.82) is 0 Å². The van der Waals surface area contributed by atoms with Gasteiger partial charge in [-0.25, -0.2) is 9.97 Å². The van der Waals surface area contributed by atoms with Gasteiger partial charge in [-0.3, -0.25) is 4.72 Å². The highest BCUT2D eigenvalue weighted by Crippen LogP contribution is 2.33. The Balaban J connectivity index is 2.41. The molecule has 4 N–H and O–H groups in total. The van der Waals surface area contributed by atoms with E-state index < -0.39 is 10.2 Å². The van der Waals surface area contributed by atoms with Gasteiger partial charge in [-0.15, -0.1) is 0 Å². The Morgan fingerprint density at radius 2 is 1.82 bits per heavy atom. The Labute approximate surface area is 128 Å². The molecule has 0 atom stereocenters. The highest BCUT2D eigenvalue weighted by molar-refractivity contribution is 7.90. The molecule has 0 amide bonds. The van der Waals surface area contributed by atoms with E-state index in [1.807, 2.05) is 6.92 Å². The number of aromatic nitrogens is 2. The standard InChI is InChI=1S/C13H16N4O4S/c1-2-7-16-22(20,21)17-12-11(13(19)15-8-14-12)9-3-5-10(18)6-4-9/h3-6,8,16,18H,2,7H2,1H3,(H2,14,15,17,19). The molecule has 0 spiro atoms. The summed E-state index contributed by atoms with van der Waals surface area (Å²) in [6, 6.07) is 5.86. The predicted octanol–water partition coefficient (Wildman–Crippen LogP) is 1.21. The average molecular weight is 324 g/mol. The van der Waals surface area contributed by atoms with Gasteiger partial charge in [-0.1, -0.05) is 19.1 Å². The van der Waals surface area contributed by atoms with Crippen LogP contribution in [0.1, 0.15) is 13.3 Å². The molecule has 0 fully saturated rings. The zero-order chi connectivity index (χ0) is 16.2. The van der Waals surface area contributed by atoms with Crippen molar-refractivity contribution >= 4 is 16.0 Å². The van der Waals surface area contributed by atoms with Crippen molar-refractivity contribution in [2.24, 2.45) is 0 Å². The minimum absolute atomic E-state index is 0.0480. The molecule has 2 rings (SSSR count). The molecule has 0 bridgehead atoms. The van der Waals surface area contributed by atoms with Crippen LogP contribution in [0.25, 0.3) is 11.1 Å². The fraction of sp³-hybridized carbons (Fsp3) is 0.231. The van der Waals surface area contributed by atoms with Crippen LogP contribution in [0.5, 0.6) is 11.6 Å². The lowest BCUT2D eigenvalue weighted by molar-refractivity contribution is 0.454. The van der Waals surface area contributed by atoms with Gasteiger partial charge in [-0.05, 0) is 24.1 Å². The number of nitrogens with one attached hydrogen (secondary N) is 2. The molecule has 1 aromatic carbocycles. The van der Waals surface area contributed by atoms with Crippen molar-refractivity contribution < 1.29 is 18.6 Å². The lowest BCUT2D eigenvalue weighted by Crippen LogP contribution is -2.31. The van der Waals surface area contributed by atoms with Crippen LogP contribution in [-0.2, 0) is 10.2 Å². The fourth-order valence-corrected chi connectivity index (χ4v) is 2.70. The summed E-state index contributed by atoms with van der Waals surface area (Å²) in [5.41, 5.74) is 0.591. The zero-order valence-electron chi connectivity index (χ0n) is 11.8. The van der Waals surface area contributed by atoms with E-state index in [0.717, 1.165) is 6.33 Å². The smallest absolute Gasteiger partial charge is 0.300 e. The Kier molecular flexibility index (Phi) is 4.78. The minimum atomic E-state index is -3.80. The maximum atomic E-state index is 11.9. The first kappa shape index (κ1) is 16.0. The molecule has 1 heterocycles. The topological polar surface area (TPSA) is 124 Å². The van der Waals surface area contributed by atoms with Crippen LogP contribution in [0.4, 0.5) is 5.82 Å². The van der Waals surface area contributed by atoms with Crippen molar-refractivity contribution in [3.8, 4) is 22.8 Å². The number of anilines is 1. The van der Waals surface area contributed by atoms with Crippen molar-refractivity contribution in [2.75, 3.05) is 11.3 Å². The monoisotopic (exact) mass is 324 g/mol. The Morgan fingerprint density at radius 1 is 1.14 bits per heavy atom. The van der Waals surface area contributed by atoms with Crippen molar-refractivity contribution in [3.05, 3.63) is 30.6 Å². The molecule has 8 nitrogen and oxygen atoms in total. The van der Waals surface area contributed by atoms with Crippen LogP contribution < -0.4 is 9.44 Å². The van der Waals surface area contributed by atoms with Crippen LogP contribution in [0.3, 0.4) is 0 Å². The highest BCUT2D eigenvalue weighted by Gasteiger charge is 2.18. The summed E-state index contributed by atoms with van der Waals surface area (Å²) < 4.78 is 28.4. The zero-order valence-corrected chi connectivity index (χ0v) is 12.6. The SMILES string of the molecule is CCCNS(=O)(=O)Nc1ncnc(O)c1-c1ccc(O)cc1. The maximum Gasteiger partial charge on any atom is 0.300 e. The molecule has 9 heteroatoms. The third-order valence-electron chi connectivity index (χ3n) is 2.76. The Hall–Kier alpha value is -2.39. The second-order valence-corrected chi connectivity index (χ2v) is 5.97. The van der Waals surface area contributed by atoms with Crippen molar-refractivity contribution in [1.82, 2.24) is 14.7 Å². The second kappa shape index (κ2) is 6.58. The number of phenols is 1. The number of aromatic hydroxyl groups is 2. The largest absolute Gasteiger partial charge is 0.508 e. The molecule has 22 heavy (non-hydrogen) atoms. The average Bonchev–Trinajstić information content (AvgIpc) is 2.46. The Bertz CT molecular complexity index is 747. The number of hydrogen-bond donors (Lipinski definition) is 4. The van der Waals surface area contributed by atoms with Gasteiger partial charge in [0, 0.05) is 6.54 Å². The summed E-state index contributed by atoms with van der Waals surface area (Å²) in [5, 5.41) is 19.2. The van der Waals surface area contributed by atoms with Gasteiger partial charge in [0.15, 0.2) is 5.82 Å². The lowest BCUT2D eigenvalue weighted by atomic mass is 10.1. The highest BCUT2D eigenvalue weighted by atomic mass is 32.2. The first-order valence-corrected chi connectivity index (χ1v) is 8.02. The summed E-state index contributed by atoms with van der Waals surface area (Å²) in [4.78, 5) is 7.53. The van der Waals surface area contributed by atoms with Crippen molar-refractivity contribution in [3.63, 3.8) is 0 Å². The molecule has 0 aliphatic heterocycles. The summed E-state index contributed by atoms with van der Waals surface area (Å²) in [5.74, 6) is -0.373. The number of hydrogen-bond acceptors (Lipinski definition) is 6. The molecule has 0 unspecified atom stereocenters. The molecule has 0 aliphatic carbocycles. The molecule has 118 valence electrons. The van der Waals surface area contributed by atoms with Gasteiger partial charge >= 0.3 is 0 Å². The van der Waals surface area contributed by atoms with E-state index in [9.17, 15) is 18.6 Å². The number of benzene rings is 1. The van der Waals surface area contributed by atoms with E-state index in [1.54, 1.807) is 0 Å². The van der Waals surface area contributed by atoms with Gasteiger partial charge in [0.05, 0.1) is 5.56 Å². The van der Waals surface area contributed by atoms with Crippen LogP contribution in [-0.4, -0.2) is 35.1 Å². The van der Waals surface area contributed by atoms with Crippen molar-refractivity contribution in [2.45, 2.75) is 13.3 Å². The number of nitrogens with zero attached hydrogens (tertiary/aromatic N) is 2. The second-order valence-electron chi connectivity index (χ2n) is 4.47. The summed E-state index contributed by atoms with van der Waals surface area (Å²) in [7, 11) is -3.80. The third-order valence-corrected chi connectivity index (χ3v) is 3.80. The first-order chi connectivity index (χ1) is 10.4. The number of rotatable bonds is 6. The normalized spacial score (nSPS) is 11.3. The summed E-state index contributed by atoms with van der Waals surface area (Å²) in [6.45, 7) is 2.11. The van der Waals surface area contributed by atoms with Crippen LogP contribution >= 0.6 is 0 Å². The predicted molar refractivity (Wildman–Crippen MR) is 81.6 cm³/mol. The summed E-state index contributed by atoms with van der Waals surface area (Å²) in [6.07, 6.45) is 1.69. The molecular weight excluding hydrogens is 308 g/mol. The maximum absolute atomic E-state index is 11.9. The van der Waals surface area contributed by atoms with E-state index in [2.05, 4.69) is 19.4 Å². The fourth-order valence-electron chi connectivity index (χ4n) is 1.75. The number of phenolic OH excluding ortho intramolecular Hbond substituents is 1. The molecule has 0 aliphatic rings. The first-order valence-electron chi connectivity index (χ1n) is 6.53. The third kappa shape index (κ3) is 3.83. The van der Waals surface area contributed by atoms with Gasteiger partial charge in [0.2, 0.25) is 5.88 Å². The van der Waals surface area contributed by atoms with E-state index >= 15 is 0 Å². The van der Waals surface area contributed by atoms with Gasteiger partial charge in [0.1, 0.15) is 12.1 Å². The van der Waals surface area contributed by atoms with Gasteiger partial charge < -0.3 is 10.2 Å². The summed E-state index contributed by atoms with van der Waals surface area (Å²) >= 11 is 0. The van der Waals surface area contributed by atoms with Crippen LogP contribution in [0, 0.1) is 0 Å². The molecule has 0 saturated carbocycles. The molecule has 0 radical (unpaired) electrons. The van der Waals surface area contributed by atoms with E-state index in [-0.39, 0.29) is 29.6 Å². The quantitative estimate of drug-likeness (QED) is 0.633. The van der Waals surface area contributed by atoms with E-state index in [4.69, 9.17) is 0 Å². The Morgan fingerprint density at radius 3 is 2.45 bits per heavy atom. The minimum Gasteiger partial charge on any atom is -0.508 e. The molecule has 2 aromatic rings. The van der Waals surface area contributed by atoms with E-state index in [0.29, 0.717) is 12.0 Å². The van der Waals surface area contributed by atoms with Gasteiger partial charge in [0.25, 0.3) is 10.2 Å². The van der Waals surface area contributed by atoms with Crippen LogP contribution in [0.2, 0.25) is 0 Å². The molecule has 0 saturated heterocycles. The van der Waals surface area contributed by atoms with E-state index in [1.165, 1.54) is 24.3 Å². The van der Waals surface area contributed by atoms with Crippen LogP contribution in [0.15, 0.2) is 30.6 Å². The lowest BCUT2D eigenvalue weighted by Gasteiger charge is -2.12. The molecular formula is C13H16N4O4S.